The van der Waals surface area contributed by atoms with E-state index in [4.69, 9.17) is 14.2 Å². The van der Waals surface area contributed by atoms with Crippen LogP contribution < -0.4 is 0 Å². The molecule has 0 N–H and O–H groups in total. The summed E-state index contributed by atoms with van der Waals surface area (Å²) in [5, 5.41) is 0. The lowest BCUT2D eigenvalue weighted by atomic mass is 10.0. The largest absolute Gasteiger partial charge is 0.462 e. The number of carbonyl (C=O) groups is 3. The van der Waals surface area contributed by atoms with E-state index >= 15 is 0 Å². The Hall–Kier alpha value is -2.11. The highest BCUT2D eigenvalue weighted by Gasteiger charge is 2.19. The van der Waals surface area contributed by atoms with Crippen LogP contribution in [0.4, 0.5) is 0 Å². The van der Waals surface area contributed by atoms with E-state index in [0.717, 1.165) is 77.0 Å². The molecule has 0 amide bonds. The van der Waals surface area contributed by atoms with Crippen LogP contribution in [0.25, 0.3) is 0 Å². The molecule has 0 aromatic carbocycles. The van der Waals surface area contributed by atoms with Gasteiger partial charge >= 0.3 is 17.9 Å². The van der Waals surface area contributed by atoms with Gasteiger partial charge in [-0.25, -0.2) is 0 Å². The first-order valence-corrected chi connectivity index (χ1v) is 26.3. The third-order valence-electron chi connectivity index (χ3n) is 11.7. The number of esters is 3. The smallest absolute Gasteiger partial charge is 0.306 e. The molecule has 0 fully saturated rings. The maximum absolute atomic E-state index is 12.8. The number of carbonyl (C=O) groups excluding carboxylic acids is 3. The first-order valence-electron chi connectivity index (χ1n) is 26.3. The summed E-state index contributed by atoms with van der Waals surface area (Å²) in [5.41, 5.74) is 0. The standard InChI is InChI=1S/C54H100O6/c1-4-7-10-13-16-19-22-24-26-28-30-32-35-38-41-44-47-53(56)59-50-51(49-58-52(55)46-43-40-37-34-21-18-15-12-9-6-3)60-54(57)48-45-42-39-36-33-31-29-27-25-23-20-17-14-11-8-5-2/h12,15,26,28,51H,4-11,13-14,16-25,27,29-50H2,1-3H3/b15-12-,28-26-. The molecule has 0 spiro atoms. The first kappa shape index (κ1) is 57.9. The van der Waals surface area contributed by atoms with Crippen LogP contribution in [0.15, 0.2) is 24.3 Å². The molecule has 0 radical (unpaired) electrons. The normalized spacial score (nSPS) is 12.1. The summed E-state index contributed by atoms with van der Waals surface area (Å²) in [7, 11) is 0. The minimum atomic E-state index is -0.772. The van der Waals surface area contributed by atoms with Crippen molar-refractivity contribution < 1.29 is 28.6 Å². The average molecular weight is 845 g/mol. The van der Waals surface area contributed by atoms with E-state index < -0.39 is 6.10 Å². The van der Waals surface area contributed by atoms with Gasteiger partial charge in [0.1, 0.15) is 13.2 Å². The van der Waals surface area contributed by atoms with E-state index in [9.17, 15) is 14.4 Å². The van der Waals surface area contributed by atoms with Crippen LogP contribution in [0.1, 0.15) is 284 Å². The van der Waals surface area contributed by atoms with Crippen LogP contribution >= 0.6 is 0 Å². The lowest BCUT2D eigenvalue weighted by Crippen LogP contribution is -2.30. The zero-order valence-electron chi connectivity index (χ0n) is 40.2. The van der Waals surface area contributed by atoms with E-state index in [1.807, 2.05) is 0 Å². The van der Waals surface area contributed by atoms with Crippen molar-refractivity contribution in [3.05, 3.63) is 24.3 Å². The SMILES string of the molecule is CCC/C=C\CCCCCCCC(=O)OCC(COC(=O)CCCCCCC/C=C\CCCCCCCCC)OC(=O)CCCCCCCCCCCCCCCCCC. The highest BCUT2D eigenvalue weighted by atomic mass is 16.6. The van der Waals surface area contributed by atoms with Gasteiger partial charge in [0, 0.05) is 19.3 Å². The average Bonchev–Trinajstić information content (AvgIpc) is 3.24. The second-order valence-electron chi connectivity index (χ2n) is 17.8. The molecule has 0 aliphatic carbocycles. The summed E-state index contributed by atoms with van der Waals surface area (Å²) >= 11 is 0. The monoisotopic (exact) mass is 845 g/mol. The van der Waals surface area contributed by atoms with Crippen molar-refractivity contribution >= 4 is 17.9 Å². The molecule has 60 heavy (non-hydrogen) atoms. The molecular weight excluding hydrogens is 745 g/mol. The molecule has 1 atom stereocenters. The molecule has 0 saturated heterocycles. The predicted octanol–water partition coefficient (Wildman–Crippen LogP) is 17.2. The molecule has 1 unspecified atom stereocenters. The molecule has 0 bridgehead atoms. The van der Waals surface area contributed by atoms with Crippen molar-refractivity contribution in [2.75, 3.05) is 13.2 Å². The van der Waals surface area contributed by atoms with Gasteiger partial charge < -0.3 is 14.2 Å². The maximum atomic E-state index is 12.8. The minimum absolute atomic E-state index is 0.0747. The molecule has 0 aromatic rings. The van der Waals surface area contributed by atoms with Gasteiger partial charge in [-0.05, 0) is 64.2 Å². The number of hydrogen-bond acceptors (Lipinski definition) is 6. The number of rotatable bonds is 48. The Morgan fingerprint density at radius 3 is 0.900 bits per heavy atom. The summed E-state index contributed by atoms with van der Waals surface area (Å²) in [5.74, 6) is -0.879. The number of ether oxygens (including phenoxy) is 3. The van der Waals surface area contributed by atoms with Crippen LogP contribution in [0.3, 0.4) is 0 Å². The summed E-state index contributed by atoms with van der Waals surface area (Å²) in [6.07, 6.45) is 55.9. The molecule has 6 nitrogen and oxygen atoms in total. The van der Waals surface area contributed by atoms with Crippen molar-refractivity contribution in [3.63, 3.8) is 0 Å². The van der Waals surface area contributed by atoms with E-state index in [1.165, 1.54) is 167 Å². The van der Waals surface area contributed by atoms with Crippen LogP contribution in [0, 0.1) is 0 Å². The topological polar surface area (TPSA) is 78.9 Å². The van der Waals surface area contributed by atoms with Gasteiger partial charge in [-0.15, -0.1) is 0 Å². The second-order valence-corrected chi connectivity index (χ2v) is 17.8. The minimum Gasteiger partial charge on any atom is -0.462 e. The molecular formula is C54H100O6. The fraction of sp³-hybridized carbons (Fsp3) is 0.870. The molecule has 0 saturated carbocycles. The van der Waals surface area contributed by atoms with Crippen molar-refractivity contribution in [1.82, 2.24) is 0 Å². The molecule has 6 heteroatoms. The van der Waals surface area contributed by atoms with Gasteiger partial charge in [0.15, 0.2) is 6.10 Å². The molecule has 352 valence electrons. The summed E-state index contributed by atoms with van der Waals surface area (Å²) in [4.78, 5) is 37.9. The fourth-order valence-electron chi connectivity index (χ4n) is 7.68. The lowest BCUT2D eigenvalue weighted by molar-refractivity contribution is -0.167. The zero-order chi connectivity index (χ0) is 43.7. The summed E-state index contributed by atoms with van der Waals surface area (Å²) in [6.45, 7) is 6.59. The van der Waals surface area contributed by atoms with Crippen molar-refractivity contribution in [2.24, 2.45) is 0 Å². The Bertz CT molecular complexity index is 973. The zero-order valence-corrected chi connectivity index (χ0v) is 40.2. The van der Waals surface area contributed by atoms with Crippen molar-refractivity contribution in [1.29, 1.82) is 0 Å². The molecule has 0 aliphatic rings. The van der Waals surface area contributed by atoms with Gasteiger partial charge in [-0.2, -0.15) is 0 Å². The van der Waals surface area contributed by atoms with E-state index in [1.54, 1.807) is 0 Å². The maximum Gasteiger partial charge on any atom is 0.306 e. The third-order valence-corrected chi connectivity index (χ3v) is 11.7. The van der Waals surface area contributed by atoms with Crippen LogP contribution in [-0.4, -0.2) is 37.2 Å². The van der Waals surface area contributed by atoms with Crippen LogP contribution in [0.5, 0.6) is 0 Å². The first-order chi connectivity index (χ1) is 29.5. The van der Waals surface area contributed by atoms with Gasteiger partial charge in [0.25, 0.3) is 0 Å². The second kappa shape index (κ2) is 49.5. The van der Waals surface area contributed by atoms with Crippen molar-refractivity contribution in [2.45, 2.75) is 290 Å². The van der Waals surface area contributed by atoms with Crippen LogP contribution in [0.2, 0.25) is 0 Å². The molecule has 0 rings (SSSR count). The Balaban J connectivity index is 4.31. The summed E-state index contributed by atoms with van der Waals surface area (Å²) < 4.78 is 16.8. The van der Waals surface area contributed by atoms with E-state index in [2.05, 4.69) is 45.1 Å². The van der Waals surface area contributed by atoms with E-state index in [-0.39, 0.29) is 31.1 Å². The van der Waals surface area contributed by atoms with Crippen LogP contribution in [-0.2, 0) is 28.6 Å². The highest BCUT2D eigenvalue weighted by molar-refractivity contribution is 5.71. The molecule has 0 heterocycles. The predicted molar refractivity (Wildman–Crippen MR) is 256 cm³/mol. The van der Waals surface area contributed by atoms with Crippen molar-refractivity contribution in [3.8, 4) is 0 Å². The number of hydrogen-bond donors (Lipinski definition) is 0. The molecule has 0 aromatic heterocycles. The van der Waals surface area contributed by atoms with Gasteiger partial charge in [0.2, 0.25) is 0 Å². The van der Waals surface area contributed by atoms with Gasteiger partial charge in [-0.3, -0.25) is 14.4 Å². The fourth-order valence-corrected chi connectivity index (χ4v) is 7.68. The number of unbranched alkanes of at least 4 members (excludes halogenated alkanes) is 33. The Morgan fingerprint density at radius 1 is 0.317 bits per heavy atom. The van der Waals surface area contributed by atoms with E-state index in [0.29, 0.717) is 19.3 Å². The highest BCUT2D eigenvalue weighted by Crippen LogP contribution is 2.16. The van der Waals surface area contributed by atoms with Gasteiger partial charge in [0.05, 0.1) is 0 Å². The van der Waals surface area contributed by atoms with Gasteiger partial charge in [-0.1, -0.05) is 225 Å². The summed E-state index contributed by atoms with van der Waals surface area (Å²) in [6, 6.07) is 0. The molecule has 0 aliphatic heterocycles. The third kappa shape index (κ3) is 46.9. The Kier molecular flexibility index (Phi) is 47.8. The number of allylic oxidation sites excluding steroid dienone is 4. The Labute approximate surface area is 373 Å². The Morgan fingerprint density at radius 2 is 0.583 bits per heavy atom. The lowest BCUT2D eigenvalue weighted by Gasteiger charge is -2.18. The quantitative estimate of drug-likeness (QED) is 0.0263.